The van der Waals surface area contributed by atoms with Crippen LogP contribution in [0, 0.1) is 0 Å². The monoisotopic (exact) mass is 271 g/mol. The maximum atomic E-state index is 5.72. The van der Waals surface area contributed by atoms with Gasteiger partial charge in [0.2, 0.25) is 11.7 Å². The predicted octanol–water partition coefficient (Wildman–Crippen LogP) is 3.02. The van der Waals surface area contributed by atoms with Gasteiger partial charge in [-0.3, -0.25) is 0 Å². The molecule has 0 amide bonds. The van der Waals surface area contributed by atoms with Crippen LogP contribution in [-0.2, 0) is 6.42 Å². The fraction of sp³-hybridized carbons (Fsp3) is 0.333. The number of nitrogens with one attached hydrogen (secondary N) is 1. The molecule has 0 bridgehead atoms. The van der Waals surface area contributed by atoms with E-state index in [0.717, 1.165) is 23.8 Å². The molecule has 5 nitrogen and oxygen atoms in total. The zero-order chi connectivity index (χ0) is 13.9. The molecule has 2 heterocycles. The highest BCUT2D eigenvalue weighted by atomic mass is 16.5. The molecule has 1 N–H and O–H groups in total. The van der Waals surface area contributed by atoms with Crippen LogP contribution in [0.15, 0.2) is 39.3 Å². The van der Waals surface area contributed by atoms with Crippen molar-refractivity contribution in [1.29, 1.82) is 0 Å². The Morgan fingerprint density at radius 2 is 2.15 bits per heavy atom. The number of nitrogens with zero attached hydrogens (tertiary/aromatic N) is 2. The van der Waals surface area contributed by atoms with E-state index >= 15 is 0 Å². The molecule has 1 unspecified atom stereocenters. The van der Waals surface area contributed by atoms with E-state index in [4.69, 9.17) is 8.94 Å². The summed E-state index contributed by atoms with van der Waals surface area (Å²) in [6.45, 7) is 2.12. The van der Waals surface area contributed by atoms with Crippen molar-refractivity contribution in [2.24, 2.45) is 0 Å². The second-order valence-corrected chi connectivity index (χ2v) is 4.76. The fourth-order valence-electron chi connectivity index (χ4n) is 2.19. The number of aromatic nitrogens is 2. The normalized spacial score (nSPS) is 12.9. The lowest BCUT2D eigenvalue weighted by atomic mass is 10.1. The fourth-order valence-corrected chi connectivity index (χ4v) is 2.19. The Hall–Kier alpha value is -2.14. The van der Waals surface area contributed by atoms with E-state index < -0.39 is 0 Å². The van der Waals surface area contributed by atoms with Crippen LogP contribution in [0.2, 0.25) is 0 Å². The zero-order valence-corrected chi connectivity index (χ0v) is 11.6. The molecule has 0 aliphatic heterocycles. The standard InChI is InChI=1S/C15H17N3O2/c1-3-11(16-2)9-14-17-15(18-20-14)13-8-10-6-4-5-7-12(10)19-13/h4-8,11,16H,3,9H2,1-2H3. The van der Waals surface area contributed by atoms with Crippen molar-refractivity contribution in [2.75, 3.05) is 7.05 Å². The third-order valence-electron chi connectivity index (χ3n) is 3.44. The molecular weight excluding hydrogens is 254 g/mol. The van der Waals surface area contributed by atoms with Gasteiger partial charge >= 0.3 is 0 Å². The quantitative estimate of drug-likeness (QED) is 0.772. The first kappa shape index (κ1) is 12.9. The van der Waals surface area contributed by atoms with Crippen LogP contribution in [0.4, 0.5) is 0 Å². The Morgan fingerprint density at radius 3 is 2.90 bits per heavy atom. The van der Waals surface area contributed by atoms with Gasteiger partial charge in [0.25, 0.3) is 0 Å². The van der Waals surface area contributed by atoms with Gasteiger partial charge in [0.15, 0.2) is 5.76 Å². The van der Waals surface area contributed by atoms with Gasteiger partial charge in [0.05, 0.1) is 0 Å². The van der Waals surface area contributed by atoms with Gasteiger partial charge < -0.3 is 14.3 Å². The summed E-state index contributed by atoms with van der Waals surface area (Å²) >= 11 is 0. The smallest absolute Gasteiger partial charge is 0.238 e. The van der Waals surface area contributed by atoms with E-state index in [9.17, 15) is 0 Å². The van der Waals surface area contributed by atoms with Crippen molar-refractivity contribution in [2.45, 2.75) is 25.8 Å². The number of hydrogen-bond acceptors (Lipinski definition) is 5. The van der Waals surface area contributed by atoms with Crippen molar-refractivity contribution in [1.82, 2.24) is 15.5 Å². The summed E-state index contributed by atoms with van der Waals surface area (Å²) in [7, 11) is 1.94. The van der Waals surface area contributed by atoms with Crippen molar-refractivity contribution in [3.8, 4) is 11.6 Å². The first-order chi connectivity index (χ1) is 9.80. The Kier molecular flexibility index (Phi) is 3.52. The SMILES string of the molecule is CCC(Cc1nc(-c2cc3ccccc3o2)no1)NC. The molecule has 20 heavy (non-hydrogen) atoms. The van der Waals surface area contributed by atoms with Gasteiger partial charge in [-0.25, -0.2) is 0 Å². The molecule has 5 heteroatoms. The summed E-state index contributed by atoms with van der Waals surface area (Å²) in [4.78, 5) is 4.40. The number of likely N-dealkylation sites (N-methyl/N-ethyl adjacent to an activating group) is 1. The Balaban J connectivity index is 1.85. The average Bonchev–Trinajstić information content (AvgIpc) is 3.10. The second-order valence-electron chi connectivity index (χ2n) is 4.76. The summed E-state index contributed by atoms with van der Waals surface area (Å²) in [5.74, 6) is 1.77. The number of benzene rings is 1. The molecule has 0 aliphatic rings. The van der Waals surface area contributed by atoms with Gasteiger partial charge in [0.1, 0.15) is 5.58 Å². The van der Waals surface area contributed by atoms with Crippen molar-refractivity contribution in [3.63, 3.8) is 0 Å². The first-order valence-corrected chi connectivity index (χ1v) is 6.79. The van der Waals surface area contributed by atoms with Crippen LogP contribution in [0.1, 0.15) is 19.2 Å². The number of rotatable bonds is 5. The van der Waals surface area contributed by atoms with Crippen LogP contribution in [0.25, 0.3) is 22.6 Å². The lowest BCUT2D eigenvalue weighted by molar-refractivity contribution is 0.358. The third kappa shape index (κ3) is 2.44. The number of hydrogen-bond donors (Lipinski definition) is 1. The predicted molar refractivity (Wildman–Crippen MR) is 76.3 cm³/mol. The lowest BCUT2D eigenvalue weighted by Crippen LogP contribution is -2.26. The Labute approximate surface area is 117 Å². The molecule has 0 saturated carbocycles. The van der Waals surface area contributed by atoms with Crippen LogP contribution < -0.4 is 5.32 Å². The van der Waals surface area contributed by atoms with E-state index in [-0.39, 0.29) is 0 Å². The lowest BCUT2D eigenvalue weighted by Gasteiger charge is -2.09. The highest BCUT2D eigenvalue weighted by Crippen LogP contribution is 2.25. The van der Waals surface area contributed by atoms with Gasteiger partial charge in [0, 0.05) is 17.8 Å². The minimum Gasteiger partial charge on any atom is -0.453 e. The van der Waals surface area contributed by atoms with Gasteiger partial charge in [-0.2, -0.15) is 4.98 Å². The van der Waals surface area contributed by atoms with Gasteiger partial charge in [-0.15, -0.1) is 0 Å². The summed E-state index contributed by atoms with van der Waals surface area (Å²) < 4.78 is 11.0. The number of fused-ring (bicyclic) bond motifs is 1. The highest BCUT2D eigenvalue weighted by Gasteiger charge is 2.15. The topological polar surface area (TPSA) is 64.1 Å². The largest absolute Gasteiger partial charge is 0.453 e. The van der Waals surface area contributed by atoms with Crippen LogP contribution >= 0.6 is 0 Å². The van der Waals surface area contributed by atoms with Gasteiger partial charge in [-0.05, 0) is 25.6 Å². The molecule has 3 aromatic rings. The van der Waals surface area contributed by atoms with Crippen LogP contribution in [0.3, 0.4) is 0 Å². The minimum absolute atomic E-state index is 0.346. The average molecular weight is 271 g/mol. The summed E-state index contributed by atoms with van der Waals surface area (Å²) in [6.07, 6.45) is 1.74. The summed E-state index contributed by atoms with van der Waals surface area (Å²) in [6, 6.07) is 10.1. The third-order valence-corrected chi connectivity index (χ3v) is 3.44. The van der Waals surface area contributed by atoms with Crippen LogP contribution in [-0.4, -0.2) is 23.2 Å². The van der Waals surface area contributed by atoms with E-state index in [1.165, 1.54) is 0 Å². The van der Waals surface area contributed by atoms with Crippen molar-refractivity contribution in [3.05, 3.63) is 36.2 Å². The maximum absolute atomic E-state index is 5.72. The highest BCUT2D eigenvalue weighted by molar-refractivity contribution is 5.81. The Bertz CT molecular complexity index is 665. The summed E-state index contributed by atoms with van der Waals surface area (Å²) in [5, 5.41) is 8.25. The van der Waals surface area contributed by atoms with Crippen molar-refractivity contribution < 1.29 is 8.94 Å². The maximum Gasteiger partial charge on any atom is 0.238 e. The Morgan fingerprint density at radius 1 is 1.30 bits per heavy atom. The van der Waals surface area contributed by atoms with E-state index in [0.29, 0.717) is 23.5 Å². The van der Waals surface area contributed by atoms with E-state index in [1.807, 2.05) is 37.4 Å². The molecule has 0 fully saturated rings. The molecule has 2 aromatic heterocycles. The molecule has 1 aromatic carbocycles. The van der Waals surface area contributed by atoms with Crippen LogP contribution in [0.5, 0.6) is 0 Å². The molecular formula is C15H17N3O2. The van der Waals surface area contributed by atoms with Crippen molar-refractivity contribution >= 4 is 11.0 Å². The van der Waals surface area contributed by atoms with Gasteiger partial charge in [-0.1, -0.05) is 30.3 Å². The summed E-state index contributed by atoms with van der Waals surface area (Å²) in [5.41, 5.74) is 0.829. The van der Waals surface area contributed by atoms with E-state index in [1.54, 1.807) is 0 Å². The molecule has 3 rings (SSSR count). The first-order valence-electron chi connectivity index (χ1n) is 6.79. The molecule has 0 spiro atoms. The second kappa shape index (κ2) is 5.46. The molecule has 0 saturated heterocycles. The van der Waals surface area contributed by atoms with E-state index in [2.05, 4.69) is 22.4 Å². The molecule has 1 atom stereocenters. The minimum atomic E-state index is 0.346. The number of para-hydroxylation sites is 1. The molecule has 104 valence electrons. The number of furan rings is 1. The molecule has 0 aliphatic carbocycles. The zero-order valence-electron chi connectivity index (χ0n) is 11.6. The molecule has 0 radical (unpaired) electrons.